The normalized spacial score (nSPS) is 16.2. The summed E-state index contributed by atoms with van der Waals surface area (Å²) in [6, 6.07) is 4.67. The van der Waals surface area contributed by atoms with Crippen molar-refractivity contribution in [2.24, 2.45) is 5.41 Å². The molecule has 0 aromatic carbocycles. The highest BCUT2D eigenvalue weighted by Crippen LogP contribution is 2.49. The van der Waals surface area contributed by atoms with E-state index in [4.69, 9.17) is 10.4 Å². The summed E-state index contributed by atoms with van der Waals surface area (Å²) in [6.45, 7) is 0.431. The van der Waals surface area contributed by atoms with Gasteiger partial charge in [-0.1, -0.05) is 0 Å². The van der Waals surface area contributed by atoms with Gasteiger partial charge in [0.2, 0.25) is 0 Å². The Kier molecular flexibility index (Phi) is 2.72. The molecule has 1 aromatic rings. The summed E-state index contributed by atoms with van der Waals surface area (Å²) in [6.07, 6.45) is 3.60. The molecule has 17 heavy (non-hydrogen) atoms. The second kappa shape index (κ2) is 4.06. The molecule has 5 heteroatoms. The van der Waals surface area contributed by atoms with Gasteiger partial charge in [-0.3, -0.25) is 4.79 Å². The number of aromatic nitrogens is 1. The third kappa shape index (κ3) is 2.36. The molecule has 0 unspecified atom stereocenters. The quantitative estimate of drug-likeness (QED) is 0.846. The fourth-order valence-corrected chi connectivity index (χ4v) is 1.88. The van der Waals surface area contributed by atoms with E-state index in [2.05, 4.69) is 6.07 Å². The lowest BCUT2D eigenvalue weighted by atomic mass is 10.0. The molecule has 1 fully saturated rings. The average Bonchev–Trinajstić information content (AvgIpc) is 3.02. The summed E-state index contributed by atoms with van der Waals surface area (Å²) in [5, 5.41) is 17.6. The molecule has 0 radical (unpaired) electrons. The van der Waals surface area contributed by atoms with Gasteiger partial charge in [0.25, 0.3) is 5.56 Å². The predicted molar refractivity (Wildman–Crippen MR) is 59.6 cm³/mol. The highest BCUT2D eigenvalue weighted by Gasteiger charge is 2.42. The number of hydrogen-bond acceptors (Lipinski definition) is 3. The van der Waals surface area contributed by atoms with Gasteiger partial charge in [-0.2, -0.15) is 5.26 Å². The van der Waals surface area contributed by atoms with E-state index >= 15 is 0 Å². The van der Waals surface area contributed by atoms with Crippen molar-refractivity contribution in [1.29, 1.82) is 5.26 Å². The van der Waals surface area contributed by atoms with Gasteiger partial charge < -0.3 is 9.67 Å². The molecule has 1 N–H and O–H groups in total. The summed E-state index contributed by atoms with van der Waals surface area (Å²) in [7, 11) is 0. The minimum atomic E-state index is -1.05. The standard InChI is InChI=1S/C12H12N2O3/c13-6-5-12(3-4-12)8-14-7-9(11(16)17)1-2-10(14)15/h1-2,7H,3-5,8H2,(H,16,17). The lowest BCUT2D eigenvalue weighted by Gasteiger charge is -2.13. The van der Waals surface area contributed by atoms with Gasteiger partial charge in [0.05, 0.1) is 11.6 Å². The zero-order chi connectivity index (χ0) is 12.5. The average molecular weight is 232 g/mol. The van der Waals surface area contributed by atoms with Crippen molar-refractivity contribution in [3.05, 3.63) is 34.2 Å². The van der Waals surface area contributed by atoms with Crippen molar-refractivity contribution in [3.8, 4) is 6.07 Å². The first-order valence-electron chi connectivity index (χ1n) is 5.37. The number of rotatable bonds is 4. The van der Waals surface area contributed by atoms with Crippen molar-refractivity contribution < 1.29 is 9.90 Å². The first-order valence-corrected chi connectivity index (χ1v) is 5.37. The van der Waals surface area contributed by atoms with Crippen molar-refractivity contribution in [1.82, 2.24) is 4.57 Å². The van der Waals surface area contributed by atoms with Gasteiger partial charge in [0.1, 0.15) is 0 Å². The van der Waals surface area contributed by atoms with Crippen molar-refractivity contribution >= 4 is 5.97 Å². The minimum absolute atomic E-state index is 0.0948. The monoisotopic (exact) mass is 232 g/mol. The van der Waals surface area contributed by atoms with Crippen LogP contribution in [-0.4, -0.2) is 15.6 Å². The van der Waals surface area contributed by atoms with Crippen molar-refractivity contribution in [2.45, 2.75) is 25.8 Å². The van der Waals surface area contributed by atoms with Gasteiger partial charge in [-0.25, -0.2) is 4.79 Å². The molecule has 0 spiro atoms. The van der Waals surface area contributed by atoms with Gasteiger partial charge >= 0.3 is 5.97 Å². The third-order valence-corrected chi connectivity index (χ3v) is 3.15. The topological polar surface area (TPSA) is 83.1 Å². The van der Waals surface area contributed by atoms with Crippen LogP contribution in [0.4, 0.5) is 0 Å². The molecule has 0 amide bonds. The lowest BCUT2D eigenvalue weighted by molar-refractivity contribution is 0.0695. The maximum atomic E-state index is 11.6. The fourth-order valence-electron chi connectivity index (χ4n) is 1.88. The van der Waals surface area contributed by atoms with Crippen LogP contribution in [-0.2, 0) is 6.54 Å². The molecule has 88 valence electrons. The summed E-state index contributed by atoms with van der Waals surface area (Å²) in [5.41, 5.74) is -0.244. The zero-order valence-corrected chi connectivity index (χ0v) is 9.22. The van der Waals surface area contributed by atoms with Crippen LogP contribution in [0.1, 0.15) is 29.6 Å². The summed E-state index contributed by atoms with van der Waals surface area (Å²) in [5.74, 6) is -1.05. The maximum absolute atomic E-state index is 11.6. The van der Waals surface area contributed by atoms with E-state index in [-0.39, 0.29) is 16.5 Å². The zero-order valence-electron chi connectivity index (χ0n) is 9.22. The molecule has 2 rings (SSSR count). The van der Waals surface area contributed by atoms with Gasteiger partial charge in [0, 0.05) is 30.6 Å². The Morgan fingerprint density at radius 2 is 2.24 bits per heavy atom. The second-order valence-corrected chi connectivity index (χ2v) is 4.52. The first-order chi connectivity index (χ1) is 8.06. The summed E-state index contributed by atoms with van der Waals surface area (Å²) >= 11 is 0. The van der Waals surface area contributed by atoms with E-state index in [0.29, 0.717) is 13.0 Å². The molecule has 1 aliphatic rings. The van der Waals surface area contributed by atoms with Gasteiger partial charge in [-0.05, 0) is 18.9 Å². The predicted octanol–water partition coefficient (Wildman–Crippen LogP) is 1.24. The maximum Gasteiger partial charge on any atom is 0.337 e. The Balaban J connectivity index is 2.27. The van der Waals surface area contributed by atoms with E-state index in [0.717, 1.165) is 12.8 Å². The fraction of sp³-hybridized carbons (Fsp3) is 0.417. The Morgan fingerprint density at radius 3 is 2.76 bits per heavy atom. The molecule has 0 aliphatic heterocycles. The number of aromatic carboxylic acids is 1. The third-order valence-electron chi connectivity index (χ3n) is 3.15. The highest BCUT2D eigenvalue weighted by molar-refractivity contribution is 5.87. The van der Waals surface area contributed by atoms with E-state index in [1.165, 1.54) is 22.9 Å². The largest absolute Gasteiger partial charge is 0.478 e. The van der Waals surface area contributed by atoms with Crippen LogP contribution in [0.25, 0.3) is 0 Å². The highest BCUT2D eigenvalue weighted by atomic mass is 16.4. The molecule has 1 aliphatic carbocycles. The number of nitrogens with zero attached hydrogens (tertiary/aromatic N) is 2. The van der Waals surface area contributed by atoms with Gasteiger partial charge in [0.15, 0.2) is 0 Å². The van der Waals surface area contributed by atoms with Crippen molar-refractivity contribution in [3.63, 3.8) is 0 Å². The van der Waals surface area contributed by atoms with E-state index in [1.807, 2.05) is 0 Å². The van der Waals surface area contributed by atoms with Crippen LogP contribution >= 0.6 is 0 Å². The summed E-state index contributed by atoms with van der Waals surface area (Å²) < 4.78 is 1.40. The lowest BCUT2D eigenvalue weighted by Crippen LogP contribution is -2.24. The SMILES string of the molecule is N#CCC1(Cn2cc(C(=O)O)ccc2=O)CC1. The van der Waals surface area contributed by atoms with Crippen LogP contribution in [0, 0.1) is 16.7 Å². The molecule has 1 aromatic heterocycles. The van der Waals surface area contributed by atoms with E-state index < -0.39 is 5.97 Å². The molecule has 1 saturated carbocycles. The van der Waals surface area contributed by atoms with Crippen LogP contribution < -0.4 is 5.56 Å². The number of hydrogen-bond donors (Lipinski definition) is 1. The number of carboxylic acid groups (broad SMARTS) is 1. The molecular weight excluding hydrogens is 220 g/mol. The number of pyridine rings is 1. The smallest absolute Gasteiger partial charge is 0.337 e. The Bertz CT molecular complexity index is 550. The molecule has 5 nitrogen and oxygen atoms in total. The molecule has 0 bridgehead atoms. The number of nitriles is 1. The van der Waals surface area contributed by atoms with Crippen molar-refractivity contribution in [2.75, 3.05) is 0 Å². The first kappa shape index (κ1) is 11.4. The Labute approximate surface area is 97.9 Å². The van der Waals surface area contributed by atoms with Crippen LogP contribution in [0.5, 0.6) is 0 Å². The molecule has 1 heterocycles. The number of carbonyl (C=O) groups is 1. The van der Waals surface area contributed by atoms with Crippen LogP contribution in [0.15, 0.2) is 23.1 Å². The Hall–Kier alpha value is -2.09. The summed E-state index contributed by atoms with van der Waals surface area (Å²) in [4.78, 5) is 22.4. The molecular formula is C12H12N2O3. The van der Waals surface area contributed by atoms with Crippen LogP contribution in [0.2, 0.25) is 0 Å². The molecule has 0 saturated heterocycles. The Morgan fingerprint density at radius 1 is 1.53 bits per heavy atom. The van der Waals surface area contributed by atoms with Crippen LogP contribution in [0.3, 0.4) is 0 Å². The molecule has 0 atom stereocenters. The number of carboxylic acids is 1. The second-order valence-electron chi connectivity index (χ2n) is 4.52. The van der Waals surface area contributed by atoms with E-state index in [9.17, 15) is 9.59 Å². The van der Waals surface area contributed by atoms with Gasteiger partial charge in [-0.15, -0.1) is 0 Å². The minimum Gasteiger partial charge on any atom is -0.478 e. The van der Waals surface area contributed by atoms with E-state index in [1.54, 1.807) is 0 Å².